The number of benzene rings is 2. The summed E-state index contributed by atoms with van der Waals surface area (Å²) in [7, 11) is 2.09. The van der Waals surface area contributed by atoms with Crippen molar-refractivity contribution in [1.29, 1.82) is 0 Å². The number of carbonyl (C=O) groups is 1. The van der Waals surface area contributed by atoms with Crippen LogP contribution < -0.4 is 0 Å². The van der Waals surface area contributed by atoms with E-state index in [1.54, 1.807) is 0 Å². The van der Waals surface area contributed by atoms with Gasteiger partial charge in [0.2, 0.25) is 0 Å². The van der Waals surface area contributed by atoms with E-state index in [9.17, 15) is 4.79 Å². The van der Waals surface area contributed by atoms with Crippen LogP contribution in [0.5, 0.6) is 0 Å². The molecule has 0 bridgehead atoms. The van der Waals surface area contributed by atoms with E-state index < -0.39 is 0 Å². The van der Waals surface area contributed by atoms with Gasteiger partial charge in [0, 0.05) is 42.3 Å². The maximum Gasteiger partial charge on any atom is 0.254 e. The Morgan fingerprint density at radius 1 is 1.00 bits per heavy atom. The topological polar surface area (TPSA) is 25.2 Å². The smallest absolute Gasteiger partial charge is 0.254 e. The maximum atomic E-state index is 12.8. The summed E-state index contributed by atoms with van der Waals surface area (Å²) in [6.07, 6.45) is 0. The molecule has 0 N–H and O–H groups in total. The molecule has 0 spiro atoms. The Labute approximate surface area is 153 Å². The van der Waals surface area contributed by atoms with Gasteiger partial charge in [-0.2, -0.15) is 0 Å². The van der Waals surface area contributed by atoms with Gasteiger partial charge >= 0.3 is 0 Å². The highest BCUT2D eigenvalue weighted by atomic mass is 16.2. The minimum absolute atomic E-state index is 0.0617. The van der Waals surface area contributed by atoms with Crippen molar-refractivity contribution in [3.8, 4) is 0 Å². The lowest BCUT2D eigenvalue weighted by Crippen LogP contribution is -2.27. The molecule has 4 rings (SSSR count). The molecule has 0 atom stereocenters. The van der Waals surface area contributed by atoms with Crippen LogP contribution >= 0.6 is 0 Å². The van der Waals surface area contributed by atoms with Crippen LogP contribution in [-0.4, -0.2) is 28.5 Å². The first kappa shape index (κ1) is 16.4. The van der Waals surface area contributed by atoms with Crippen LogP contribution in [0.3, 0.4) is 0 Å². The highest BCUT2D eigenvalue weighted by molar-refractivity contribution is 5.95. The second-order valence-electron chi connectivity index (χ2n) is 6.88. The van der Waals surface area contributed by atoms with Gasteiger partial charge in [0.15, 0.2) is 0 Å². The number of hydrogen-bond acceptors (Lipinski definition) is 1. The van der Waals surface area contributed by atoms with Gasteiger partial charge in [-0.05, 0) is 47.9 Å². The van der Waals surface area contributed by atoms with E-state index >= 15 is 0 Å². The molecule has 3 heteroatoms. The Kier molecular flexibility index (Phi) is 4.00. The van der Waals surface area contributed by atoms with Crippen LogP contribution in [-0.2, 0) is 7.05 Å². The summed E-state index contributed by atoms with van der Waals surface area (Å²) in [4.78, 5) is 14.6. The van der Waals surface area contributed by atoms with Crippen molar-refractivity contribution >= 4 is 22.4 Å². The molecule has 1 amide bonds. The maximum absolute atomic E-state index is 12.8. The number of carbonyl (C=O) groups excluding carboxylic acids is 1. The quantitative estimate of drug-likeness (QED) is 0.665. The molecule has 0 unspecified atom stereocenters. The fourth-order valence-electron chi connectivity index (χ4n) is 3.78. The number of likely N-dealkylation sites (tertiary alicyclic amines) is 1. The standard InChI is InChI=1S/C23H22N2O/c1-16-14-25(23(26)18-9-5-4-6-10-18)15-20(16)17(2)22-13-19-11-7-8-12-21(19)24(22)3/h4-13H,1,14-15H2,2-3H3/b20-17-. The van der Waals surface area contributed by atoms with Crippen molar-refractivity contribution < 1.29 is 4.79 Å². The Bertz CT molecular complexity index is 1040. The third-order valence-corrected chi connectivity index (χ3v) is 5.25. The minimum atomic E-state index is 0.0617. The van der Waals surface area contributed by atoms with E-state index in [-0.39, 0.29) is 5.91 Å². The number of allylic oxidation sites excluding steroid dienone is 1. The molecule has 1 aliphatic heterocycles. The predicted molar refractivity (Wildman–Crippen MR) is 107 cm³/mol. The van der Waals surface area contributed by atoms with Crippen LogP contribution in [0.25, 0.3) is 16.5 Å². The summed E-state index contributed by atoms with van der Waals surface area (Å²) in [6.45, 7) is 7.56. The first-order chi connectivity index (χ1) is 12.6. The number of amides is 1. The lowest BCUT2D eigenvalue weighted by atomic mass is 10.0. The first-order valence-corrected chi connectivity index (χ1v) is 8.83. The number of aromatic nitrogens is 1. The zero-order valence-electron chi connectivity index (χ0n) is 15.2. The van der Waals surface area contributed by atoms with Crippen molar-refractivity contribution in [2.75, 3.05) is 13.1 Å². The fraction of sp³-hybridized carbons (Fsp3) is 0.174. The zero-order valence-corrected chi connectivity index (χ0v) is 15.2. The van der Waals surface area contributed by atoms with Gasteiger partial charge in [-0.15, -0.1) is 0 Å². The van der Waals surface area contributed by atoms with Crippen molar-refractivity contribution in [1.82, 2.24) is 9.47 Å². The fourth-order valence-corrected chi connectivity index (χ4v) is 3.78. The molecule has 26 heavy (non-hydrogen) atoms. The number of rotatable bonds is 2. The molecular formula is C23H22N2O. The van der Waals surface area contributed by atoms with Crippen LogP contribution in [0, 0.1) is 0 Å². The number of aryl methyl sites for hydroxylation is 1. The van der Waals surface area contributed by atoms with Crippen LogP contribution in [0.15, 0.2) is 78.4 Å². The van der Waals surface area contributed by atoms with E-state index in [1.165, 1.54) is 27.7 Å². The largest absolute Gasteiger partial charge is 0.344 e. The Hall–Kier alpha value is -3.07. The van der Waals surface area contributed by atoms with Gasteiger partial charge < -0.3 is 9.47 Å². The highest BCUT2D eigenvalue weighted by Gasteiger charge is 2.27. The van der Waals surface area contributed by atoms with Crippen molar-refractivity contribution in [3.05, 3.63) is 89.6 Å². The van der Waals surface area contributed by atoms with Gasteiger partial charge in [0.1, 0.15) is 0 Å². The first-order valence-electron chi connectivity index (χ1n) is 8.83. The molecule has 3 aromatic rings. The lowest BCUT2D eigenvalue weighted by molar-refractivity contribution is 0.0801. The molecule has 0 saturated carbocycles. The number of fused-ring (bicyclic) bond motifs is 1. The monoisotopic (exact) mass is 342 g/mol. The third kappa shape index (κ3) is 2.66. The van der Waals surface area contributed by atoms with Gasteiger partial charge in [-0.1, -0.05) is 43.0 Å². The second kappa shape index (κ2) is 6.34. The minimum Gasteiger partial charge on any atom is -0.344 e. The van der Waals surface area contributed by atoms with E-state index in [1.807, 2.05) is 35.2 Å². The molecule has 1 aromatic heterocycles. The molecule has 0 aliphatic carbocycles. The summed E-state index contributed by atoms with van der Waals surface area (Å²) >= 11 is 0. The van der Waals surface area contributed by atoms with E-state index in [0.29, 0.717) is 13.1 Å². The molecule has 3 nitrogen and oxygen atoms in total. The average Bonchev–Trinajstić information content (AvgIpc) is 3.22. The molecule has 2 aromatic carbocycles. The van der Waals surface area contributed by atoms with Crippen LogP contribution in [0.2, 0.25) is 0 Å². The summed E-state index contributed by atoms with van der Waals surface area (Å²) in [6, 6.07) is 20.0. The lowest BCUT2D eigenvalue weighted by Gasteiger charge is -2.15. The summed E-state index contributed by atoms with van der Waals surface area (Å²) < 4.78 is 2.21. The molecule has 130 valence electrons. The van der Waals surface area contributed by atoms with Crippen LogP contribution in [0.4, 0.5) is 0 Å². The molecular weight excluding hydrogens is 320 g/mol. The van der Waals surface area contributed by atoms with Crippen molar-refractivity contribution in [3.63, 3.8) is 0 Å². The number of hydrogen-bond donors (Lipinski definition) is 0. The predicted octanol–water partition coefficient (Wildman–Crippen LogP) is 4.66. The van der Waals surface area contributed by atoms with Crippen molar-refractivity contribution in [2.45, 2.75) is 6.92 Å². The van der Waals surface area contributed by atoms with Gasteiger partial charge in [0.05, 0.1) is 0 Å². The van der Waals surface area contributed by atoms with Crippen LogP contribution in [0.1, 0.15) is 23.0 Å². The van der Waals surface area contributed by atoms with Gasteiger partial charge in [-0.3, -0.25) is 4.79 Å². The normalized spacial score (nSPS) is 16.4. The Morgan fingerprint density at radius 2 is 1.69 bits per heavy atom. The van der Waals surface area contributed by atoms with E-state index in [0.717, 1.165) is 11.1 Å². The SMILES string of the molecule is C=C1CN(C(=O)c2ccccc2)C/C1=C(\C)c1cc2ccccc2n1C. The Morgan fingerprint density at radius 3 is 2.42 bits per heavy atom. The zero-order chi connectivity index (χ0) is 18.3. The molecule has 2 heterocycles. The molecule has 0 radical (unpaired) electrons. The summed E-state index contributed by atoms with van der Waals surface area (Å²) in [5, 5.41) is 1.23. The average molecular weight is 342 g/mol. The number of para-hydroxylation sites is 1. The van der Waals surface area contributed by atoms with E-state index in [4.69, 9.17) is 0 Å². The highest BCUT2D eigenvalue weighted by Crippen LogP contribution is 2.32. The van der Waals surface area contributed by atoms with E-state index in [2.05, 4.69) is 55.4 Å². The summed E-state index contributed by atoms with van der Waals surface area (Å²) in [5.41, 5.74) is 6.50. The van der Waals surface area contributed by atoms with Gasteiger partial charge in [-0.25, -0.2) is 0 Å². The Balaban J connectivity index is 1.69. The molecule has 1 aliphatic rings. The number of nitrogens with zero attached hydrogens (tertiary/aromatic N) is 2. The second-order valence-corrected chi connectivity index (χ2v) is 6.88. The third-order valence-electron chi connectivity index (χ3n) is 5.25. The van der Waals surface area contributed by atoms with Crippen molar-refractivity contribution in [2.24, 2.45) is 7.05 Å². The van der Waals surface area contributed by atoms with Gasteiger partial charge in [0.25, 0.3) is 5.91 Å². The molecule has 1 fully saturated rings. The molecule has 1 saturated heterocycles. The summed E-state index contributed by atoms with van der Waals surface area (Å²) in [5.74, 6) is 0.0617.